The van der Waals surface area contributed by atoms with Crippen LogP contribution in [-0.2, 0) is 8.85 Å². The molecule has 0 aromatic carbocycles. The lowest BCUT2D eigenvalue weighted by molar-refractivity contribution is 0.164. The average Bonchev–Trinajstić information content (AvgIpc) is 2.31. The molecule has 0 aliphatic heterocycles. The molecule has 0 aromatic rings. The summed E-state index contributed by atoms with van der Waals surface area (Å²) in [5.41, 5.74) is 0. The van der Waals surface area contributed by atoms with Crippen LogP contribution in [0.1, 0.15) is 13.8 Å². The molecule has 0 rings (SSSR count). The molecule has 0 aromatic heterocycles. The van der Waals surface area contributed by atoms with Gasteiger partial charge < -0.3 is 28.9 Å². The maximum absolute atomic E-state index is 9.62. The van der Waals surface area contributed by atoms with Crippen LogP contribution in [0.4, 0.5) is 9.59 Å². The lowest BCUT2D eigenvalue weighted by atomic mass is 10.9. The summed E-state index contributed by atoms with van der Waals surface area (Å²) < 4.78 is 9.98. The second-order valence-electron chi connectivity index (χ2n) is 3.46. The Morgan fingerprint density at radius 1 is 0.895 bits per heavy atom. The molecule has 0 fully saturated rings. The predicted molar refractivity (Wildman–Crippen MR) is 75.2 cm³/mol. The first-order valence-corrected chi connectivity index (χ1v) is 6.82. The van der Waals surface area contributed by atoms with Crippen LogP contribution in [0, 0.1) is 0 Å². The smallest absolute Gasteiger partial charge is 0.406 e. The molecular formula is C10H26N2O6Si. The third-order valence-electron chi connectivity index (χ3n) is 1.34. The SMILES string of the molecule is CCO[SiH2]OCC.CN(C)C(=O)O.CN(C)C(=O)O. The van der Waals surface area contributed by atoms with Crippen LogP contribution in [0.25, 0.3) is 0 Å². The first kappa shape index (κ1) is 22.8. The molecule has 116 valence electrons. The summed E-state index contributed by atoms with van der Waals surface area (Å²) in [7, 11) is 5.31. The number of carboxylic acid groups (broad SMARTS) is 2. The molecule has 0 radical (unpaired) electrons. The van der Waals surface area contributed by atoms with Gasteiger partial charge in [0.05, 0.1) is 0 Å². The van der Waals surface area contributed by atoms with E-state index >= 15 is 0 Å². The fourth-order valence-corrected chi connectivity index (χ4v) is 0.677. The highest BCUT2D eigenvalue weighted by atomic mass is 28.3. The Morgan fingerprint density at radius 3 is 1.21 bits per heavy atom. The molecule has 0 atom stereocenters. The van der Waals surface area contributed by atoms with Crippen molar-refractivity contribution >= 4 is 22.2 Å². The van der Waals surface area contributed by atoms with E-state index in [-0.39, 0.29) is 0 Å². The van der Waals surface area contributed by atoms with Crippen molar-refractivity contribution in [1.82, 2.24) is 9.80 Å². The van der Waals surface area contributed by atoms with E-state index in [2.05, 4.69) is 0 Å². The lowest BCUT2D eigenvalue weighted by Crippen LogP contribution is -2.18. The number of rotatable bonds is 4. The zero-order chi connectivity index (χ0) is 15.8. The third-order valence-corrected chi connectivity index (χ3v) is 2.49. The number of nitrogens with zero attached hydrogens (tertiary/aromatic N) is 2. The standard InChI is InChI=1S/C4H12O2Si.2C3H7NO2/c1-3-5-7-6-4-2;2*1-4(2)3(5)6/h3-4,7H2,1-2H3;2*1-2H3,(H,5,6). The first-order valence-electron chi connectivity index (χ1n) is 5.66. The summed E-state index contributed by atoms with van der Waals surface area (Å²) in [5.74, 6) is 0. The predicted octanol–water partition coefficient (Wildman–Crippen LogP) is 0.510. The van der Waals surface area contributed by atoms with Crippen molar-refractivity contribution in [2.45, 2.75) is 13.8 Å². The number of carbonyl (C=O) groups is 2. The van der Waals surface area contributed by atoms with Crippen molar-refractivity contribution in [1.29, 1.82) is 0 Å². The molecule has 8 nitrogen and oxygen atoms in total. The van der Waals surface area contributed by atoms with E-state index < -0.39 is 22.2 Å². The second-order valence-corrected chi connectivity index (χ2v) is 4.51. The third kappa shape index (κ3) is 31.5. The van der Waals surface area contributed by atoms with E-state index in [1.54, 1.807) is 0 Å². The summed E-state index contributed by atoms with van der Waals surface area (Å²) in [6.45, 7) is 5.55. The second kappa shape index (κ2) is 16.7. The van der Waals surface area contributed by atoms with Gasteiger partial charge in [-0.1, -0.05) is 0 Å². The summed E-state index contributed by atoms with van der Waals surface area (Å²) >= 11 is 0. The Balaban J connectivity index is -0.000000203. The Hall–Kier alpha value is -1.32. The van der Waals surface area contributed by atoms with Gasteiger partial charge in [0.25, 0.3) is 0 Å². The van der Waals surface area contributed by atoms with Gasteiger partial charge in [0.2, 0.25) is 0 Å². The molecule has 2 amide bonds. The van der Waals surface area contributed by atoms with E-state index in [0.717, 1.165) is 23.0 Å². The normalized spacial score (nSPS) is 8.32. The first-order chi connectivity index (χ1) is 8.70. The molecule has 2 N–H and O–H groups in total. The van der Waals surface area contributed by atoms with Crippen molar-refractivity contribution in [2.24, 2.45) is 0 Å². The van der Waals surface area contributed by atoms with Crippen LogP contribution >= 0.6 is 0 Å². The van der Waals surface area contributed by atoms with Crippen LogP contribution in [0.2, 0.25) is 0 Å². The fourth-order valence-electron chi connectivity index (χ4n) is 0.226. The van der Waals surface area contributed by atoms with Crippen LogP contribution in [0.15, 0.2) is 0 Å². The molecular weight excluding hydrogens is 272 g/mol. The van der Waals surface area contributed by atoms with Gasteiger partial charge in [-0.05, 0) is 13.8 Å². The molecule has 0 heterocycles. The topological polar surface area (TPSA) is 99.5 Å². The zero-order valence-corrected chi connectivity index (χ0v) is 14.0. The molecule has 0 saturated carbocycles. The largest absolute Gasteiger partial charge is 0.465 e. The minimum Gasteiger partial charge on any atom is -0.465 e. The van der Waals surface area contributed by atoms with E-state index in [1.165, 1.54) is 28.2 Å². The number of hydrogen-bond acceptors (Lipinski definition) is 4. The highest BCUT2D eigenvalue weighted by Crippen LogP contribution is 1.71. The minimum absolute atomic E-state index is 0.589. The van der Waals surface area contributed by atoms with Crippen molar-refractivity contribution in [3.05, 3.63) is 0 Å². The minimum atomic E-state index is -0.907. The van der Waals surface area contributed by atoms with Gasteiger partial charge in [-0.25, -0.2) is 9.59 Å². The maximum Gasteiger partial charge on any atom is 0.406 e. The maximum atomic E-state index is 9.62. The summed E-state index contributed by atoms with van der Waals surface area (Å²) in [6.07, 6.45) is -1.81. The van der Waals surface area contributed by atoms with Crippen LogP contribution in [0.3, 0.4) is 0 Å². The molecule has 0 bridgehead atoms. The summed E-state index contributed by atoms with van der Waals surface area (Å²) in [6, 6.07) is 0. The van der Waals surface area contributed by atoms with Gasteiger partial charge >= 0.3 is 22.2 Å². The zero-order valence-electron chi connectivity index (χ0n) is 12.5. The molecule has 0 spiro atoms. The Morgan fingerprint density at radius 2 is 1.11 bits per heavy atom. The van der Waals surface area contributed by atoms with Gasteiger partial charge in [-0.3, -0.25) is 0 Å². The van der Waals surface area contributed by atoms with E-state index in [9.17, 15) is 9.59 Å². The van der Waals surface area contributed by atoms with Gasteiger partial charge in [0, 0.05) is 41.4 Å². The van der Waals surface area contributed by atoms with Crippen LogP contribution < -0.4 is 0 Å². The monoisotopic (exact) mass is 298 g/mol. The molecule has 0 saturated heterocycles. The Kier molecular flexibility index (Phi) is 20.0. The molecule has 19 heavy (non-hydrogen) atoms. The van der Waals surface area contributed by atoms with E-state index in [4.69, 9.17) is 19.1 Å². The molecule has 0 aliphatic rings. The molecule has 9 heteroatoms. The summed E-state index contributed by atoms with van der Waals surface area (Å²) in [5, 5.41) is 15.8. The highest BCUT2D eigenvalue weighted by Gasteiger charge is 1.92. The van der Waals surface area contributed by atoms with Gasteiger partial charge in [0.1, 0.15) is 0 Å². The Labute approximate surface area is 117 Å². The van der Waals surface area contributed by atoms with Gasteiger partial charge in [-0.15, -0.1) is 0 Å². The van der Waals surface area contributed by atoms with Gasteiger partial charge in [-0.2, -0.15) is 0 Å². The van der Waals surface area contributed by atoms with Crippen molar-refractivity contribution in [3.8, 4) is 0 Å². The van der Waals surface area contributed by atoms with Crippen molar-refractivity contribution < 1.29 is 28.7 Å². The van der Waals surface area contributed by atoms with E-state index in [1.807, 2.05) is 13.8 Å². The average molecular weight is 298 g/mol. The number of hydrogen-bond donors (Lipinski definition) is 2. The fraction of sp³-hybridized carbons (Fsp3) is 0.800. The van der Waals surface area contributed by atoms with E-state index in [0.29, 0.717) is 0 Å². The lowest BCUT2D eigenvalue weighted by Gasteiger charge is -1.99. The molecule has 0 unspecified atom stereocenters. The van der Waals surface area contributed by atoms with Crippen LogP contribution in [-0.4, -0.2) is 83.6 Å². The quantitative estimate of drug-likeness (QED) is 0.579. The highest BCUT2D eigenvalue weighted by molar-refractivity contribution is 6.17. The number of amides is 2. The summed E-state index contributed by atoms with van der Waals surface area (Å²) in [4.78, 5) is 21.4. The molecule has 0 aliphatic carbocycles. The van der Waals surface area contributed by atoms with Gasteiger partial charge in [0.15, 0.2) is 0 Å². The van der Waals surface area contributed by atoms with Crippen LogP contribution in [0.5, 0.6) is 0 Å². The van der Waals surface area contributed by atoms with Crippen molar-refractivity contribution in [3.63, 3.8) is 0 Å². The van der Waals surface area contributed by atoms with Crippen molar-refractivity contribution in [2.75, 3.05) is 41.4 Å². The Bertz CT molecular complexity index is 204.